The standard InChI is InChI=1S/C12H13NO4/c1-7-3-5-9(6-4-7)13-8(2)10(11(14)15)17-12(13)16/h3-6,8,10H,1-2H3,(H,14,15). The van der Waals surface area contributed by atoms with Crippen LogP contribution < -0.4 is 4.90 Å². The zero-order valence-electron chi connectivity index (χ0n) is 9.58. The van der Waals surface area contributed by atoms with Crippen LogP contribution >= 0.6 is 0 Å². The molecular weight excluding hydrogens is 222 g/mol. The van der Waals surface area contributed by atoms with Crippen molar-refractivity contribution in [2.45, 2.75) is 26.0 Å². The van der Waals surface area contributed by atoms with Gasteiger partial charge in [-0.25, -0.2) is 9.59 Å². The number of carbonyl (C=O) groups is 2. The molecule has 0 radical (unpaired) electrons. The first-order chi connectivity index (χ1) is 8.00. The number of amides is 1. The number of hydrogen-bond acceptors (Lipinski definition) is 3. The lowest BCUT2D eigenvalue weighted by Gasteiger charge is -2.19. The summed E-state index contributed by atoms with van der Waals surface area (Å²) in [5, 5.41) is 8.91. The van der Waals surface area contributed by atoms with Gasteiger partial charge in [-0.2, -0.15) is 0 Å². The zero-order valence-corrected chi connectivity index (χ0v) is 9.58. The number of cyclic esters (lactones) is 1. The number of carboxylic acids is 1. The number of nitrogens with zero attached hydrogens (tertiary/aromatic N) is 1. The fraction of sp³-hybridized carbons (Fsp3) is 0.333. The van der Waals surface area contributed by atoms with Crippen LogP contribution in [-0.2, 0) is 9.53 Å². The minimum absolute atomic E-state index is 0.511. The Balaban J connectivity index is 2.30. The van der Waals surface area contributed by atoms with Crippen molar-refractivity contribution >= 4 is 17.7 Å². The summed E-state index contributed by atoms with van der Waals surface area (Å²) >= 11 is 0. The van der Waals surface area contributed by atoms with Crippen molar-refractivity contribution in [3.63, 3.8) is 0 Å². The summed E-state index contributed by atoms with van der Waals surface area (Å²) in [6.07, 6.45) is -1.72. The van der Waals surface area contributed by atoms with E-state index < -0.39 is 24.2 Å². The summed E-state index contributed by atoms with van der Waals surface area (Å²) in [5.41, 5.74) is 1.72. The highest BCUT2D eigenvalue weighted by atomic mass is 16.6. The van der Waals surface area contributed by atoms with Crippen LogP contribution in [-0.4, -0.2) is 29.3 Å². The summed E-state index contributed by atoms with van der Waals surface area (Å²) in [4.78, 5) is 23.9. The van der Waals surface area contributed by atoms with Gasteiger partial charge in [0, 0.05) is 5.69 Å². The van der Waals surface area contributed by atoms with E-state index in [0.29, 0.717) is 5.69 Å². The van der Waals surface area contributed by atoms with Gasteiger partial charge in [0.1, 0.15) is 0 Å². The normalized spacial score (nSPS) is 23.6. The van der Waals surface area contributed by atoms with E-state index in [9.17, 15) is 9.59 Å². The van der Waals surface area contributed by atoms with E-state index in [-0.39, 0.29) is 0 Å². The molecule has 1 amide bonds. The molecule has 1 aliphatic rings. The van der Waals surface area contributed by atoms with Crippen LogP contribution in [0.2, 0.25) is 0 Å². The highest BCUT2D eigenvalue weighted by Gasteiger charge is 2.43. The Bertz CT molecular complexity index is 454. The summed E-state index contributed by atoms with van der Waals surface area (Å²) in [6.45, 7) is 3.60. The number of rotatable bonds is 2. The number of aliphatic carboxylic acids is 1. The molecule has 1 N–H and O–H groups in total. The number of aryl methyl sites for hydroxylation is 1. The van der Waals surface area contributed by atoms with Crippen LogP contribution in [0.1, 0.15) is 12.5 Å². The number of hydrogen-bond donors (Lipinski definition) is 1. The third kappa shape index (κ3) is 1.95. The van der Waals surface area contributed by atoms with Gasteiger partial charge >= 0.3 is 12.1 Å². The highest BCUT2D eigenvalue weighted by Crippen LogP contribution is 2.27. The van der Waals surface area contributed by atoms with Crippen molar-refractivity contribution in [3.05, 3.63) is 29.8 Å². The summed E-state index contributed by atoms with van der Waals surface area (Å²) in [7, 11) is 0. The van der Waals surface area contributed by atoms with Crippen molar-refractivity contribution in [3.8, 4) is 0 Å². The first-order valence-corrected chi connectivity index (χ1v) is 5.30. The van der Waals surface area contributed by atoms with Crippen molar-refractivity contribution < 1.29 is 19.4 Å². The number of benzene rings is 1. The lowest BCUT2D eigenvalue weighted by atomic mass is 10.1. The molecule has 0 aliphatic carbocycles. The molecular formula is C12H13NO4. The van der Waals surface area contributed by atoms with E-state index in [2.05, 4.69) is 0 Å². The Morgan fingerprint density at radius 1 is 1.35 bits per heavy atom. The van der Waals surface area contributed by atoms with Crippen LogP contribution in [0.5, 0.6) is 0 Å². The minimum Gasteiger partial charge on any atom is -0.478 e. The van der Waals surface area contributed by atoms with Crippen LogP contribution in [0.4, 0.5) is 10.5 Å². The van der Waals surface area contributed by atoms with E-state index in [1.165, 1.54) is 4.90 Å². The molecule has 2 atom stereocenters. The third-order valence-electron chi connectivity index (χ3n) is 2.83. The van der Waals surface area contributed by atoms with Gasteiger partial charge in [-0.1, -0.05) is 17.7 Å². The fourth-order valence-corrected chi connectivity index (χ4v) is 1.87. The molecule has 0 aromatic heterocycles. The van der Waals surface area contributed by atoms with Crippen molar-refractivity contribution in [2.24, 2.45) is 0 Å². The summed E-state index contributed by atoms with van der Waals surface area (Å²) in [5.74, 6) is -1.12. The van der Waals surface area contributed by atoms with Crippen LogP contribution in [0.3, 0.4) is 0 Å². The van der Waals surface area contributed by atoms with Gasteiger partial charge in [0.15, 0.2) is 0 Å². The molecule has 1 aromatic carbocycles. The fourth-order valence-electron chi connectivity index (χ4n) is 1.87. The molecule has 1 aromatic rings. The molecule has 0 bridgehead atoms. The van der Waals surface area contributed by atoms with Crippen molar-refractivity contribution in [1.29, 1.82) is 0 Å². The molecule has 2 rings (SSSR count). The Labute approximate surface area is 98.6 Å². The number of carbonyl (C=O) groups excluding carboxylic acids is 1. The van der Waals surface area contributed by atoms with Crippen molar-refractivity contribution in [2.75, 3.05) is 4.90 Å². The second-order valence-corrected chi connectivity index (χ2v) is 4.09. The first-order valence-electron chi connectivity index (χ1n) is 5.30. The van der Waals surface area contributed by atoms with Gasteiger partial charge in [-0.05, 0) is 26.0 Å². The molecule has 17 heavy (non-hydrogen) atoms. The molecule has 1 fully saturated rings. The SMILES string of the molecule is Cc1ccc(N2C(=O)OC(C(=O)O)C2C)cc1. The maximum Gasteiger partial charge on any atom is 0.415 e. The Morgan fingerprint density at radius 2 is 1.94 bits per heavy atom. The topological polar surface area (TPSA) is 66.8 Å². The van der Waals surface area contributed by atoms with Gasteiger partial charge in [0.05, 0.1) is 6.04 Å². The predicted octanol–water partition coefficient (Wildman–Crippen LogP) is 1.79. The second kappa shape index (κ2) is 4.08. The van der Waals surface area contributed by atoms with E-state index in [4.69, 9.17) is 9.84 Å². The lowest BCUT2D eigenvalue weighted by molar-refractivity contribution is -0.145. The molecule has 2 unspecified atom stereocenters. The van der Waals surface area contributed by atoms with Gasteiger partial charge in [-0.15, -0.1) is 0 Å². The average molecular weight is 235 g/mol. The number of carboxylic acid groups (broad SMARTS) is 1. The highest BCUT2D eigenvalue weighted by molar-refractivity contribution is 5.94. The van der Waals surface area contributed by atoms with E-state index in [1.807, 2.05) is 19.1 Å². The summed E-state index contributed by atoms with van der Waals surface area (Å²) < 4.78 is 4.82. The molecule has 1 aliphatic heterocycles. The van der Waals surface area contributed by atoms with E-state index in [1.54, 1.807) is 19.1 Å². The maximum absolute atomic E-state index is 11.6. The molecule has 5 nitrogen and oxygen atoms in total. The molecule has 90 valence electrons. The smallest absolute Gasteiger partial charge is 0.415 e. The number of anilines is 1. The van der Waals surface area contributed by atoms with Crippen LogP contribution in [0, 0.1) is 6.92 Å². The Morgan fingerprint density at radius 3 is 2.41 bits per heavy atom. The van der Waals surface area contributed by atoms with Gasteiger partial charge in [-0.3, -0.25) is 4.90 Å². The zero-order chi connectivity index (χ0) is 12.6. The molecule has 1 heterocycles. The predicted molar refractivity (Wildman–Crippen MR) is 61.0 cm³/mol. The van der Waals surface area contributed by atoms with E-state index in [0.717, 1.165) is 5.56 Å². The Kier molecular flexibility index (Phi) is 2.75. The Hall–Kier alpha value is -2.04. The summed E-state index contributed by atoms with van der Waals surface area (Å²) in [6, 6.07) is 6.77. The van der Waals surface area contributed by atoms with Gasteiger partial charge < -0.3 is 9.84 Å². The van der Waals surface area contributed by atoms with Crippen LogP contribution in [0.15, 0.2) is 24.3 Å². The number of ether oxygens (including phenoxy) is 1. The van der Waals surface area contributed by atoms with Gasteiger partial charge in [0.25, 0.3) is 0 Å². The minimum atomic E-state index is -1.12. The second-order valence-electron chi connectivity index (χ2n) is 4.09. The quantitative estimate of drug-likeness (QED) is 0.848. The van der Waals surface area contributed by atoms with Gasteiger partial charge in [0.2, 0.25) is 6.10 Å². The van der Waals surface area contributed by atoms with E-state index >= 15 is 0 Å². The average Bonchev–Trinajstić information content (AvgIpc) is 2.56. The monoisotopic (exact) mass is 235 g/mol. The first kappa shape index (κ1) is 11.4. The third-order valence-corrected chi connectivity index (χ3v) is 2.83. The maximum atomic E-state index is 11.6. The van der Waals surface area contributed by atoms with Crippen molar-refractivity contribution in [1.82, 2.24) is 0 Å². The molecule has 0 spiro atoms. The van der Waals surface area contributed by atoms with Crippen LogP contribution in [0.25, 0.3) is 0 Å². The lowest BCUT2D eigenvalue weighted by Crippen LogP contribution is -2.37. The molecule has 5 heteroatoms. The molecule has 0 saturated carbocycles. The molecule has 1 saturated heterocycles. The largest absolute Gasteiger partial charge is 0.478 e.